The molecule has 6 nitrogen and oxygen atoms in total. The minimum Gasteiger partial charge on any atom is -0.454 e. The number of hydrogen-bond donors (Lipinski definition) is 2. The molecule has 0 aliphatic heterocycles. The smallest absolute Gasteiger partial charge is 0.416 e. The number of nitrogens with two attached hydrogens (primary N) is 1. The van der Waals surface area contributed by atoms with Crippen LogP contribution in [0, 0.1) is 6.92 Å². The van der Waals surface area contributed by atoms with Crippen LogP contribution >= 0.6 is 0 Å². The van der Waals surface area contributed by atoms with Crippen molar-refractivity contribution in [2.75, 3.05) is 5.73 Å². The number of nitrogen functional groups attached to an aromatic ring is 1. The second-order valence-corrected chi connectivity index (χ2v) is 7.18. The predicted octanol–water partition coefficient (Wildman–Crippen LogP) is 5.44. The van der Waals surface area contributed by atoms with Crippen molar-refractivity contribution >= 4 is 11.8 Å². The lowest BCUT2D eigenvalue weighted by atomic mass is 10.1. The van der Waals surface area contributed by atoms with Crippen molar-refractivity contribution in [3.05, 3.63) is 82.9 Å². The maximum Gasteiger partial charge on any atom is 0.416 e. The molecule has 0 saturated heterocycles. The van der Waals surface area contributed by atoms with E-state index in [9.17, 15) is 18.0 Å². The van der Waals surface area contributed by atoms with Gasteiger partial charge in [-0.1, -0.05) is 47.1 Å². The van der Waals surface area contributed by atoms with E-state index in [4.69, 9.17) is 14.7 Å². The van der Waals surface area contributed by atoms with Crippen molar-refractivity contribution in [1.29, 1.82) is 0 Å². The number of aromatic nitrogens is 1. The van der Waals surface area contributed by atoms with E-state index in [-0.39, 0.29) is 40.8 Å². The van der Waals surface area contributed by atoms with E-state index < -0.39 is 17.6 Å². The largest absolute Gasteiger partial charge is 0.454 e. The lowest BCUT2D eigenvalue weighted by Crippen LogP contribution is -2.23. The van der Waals surface area contributed by atoms with Gasteiger partial charge < -0.3 is 20.0 Å². The van der Waals surface area contributed by atoms with Crippen molar-refractivity contribution < 1.29 is 26.9 Å². The zero-order valence-corrected chi connectivity index (χ0v) is 16.9. The van der Waals surface area contributed by atoms with Crippen molar-refractivity contribution in [1.82, 2.24) is 10.5 Å². The molecular weight excluding hydrogens is 423 g/mol. The van der Waals surface area contributed by atoms with Gasteiger partial charge in [0.1, 0.15) is 11.3 Å². The number of carbonyl (C=O) groups is 1. The summed E-state index contributed by atoms with van der Waals surface area (Å²) < 4.78 is 49.7. The van der Waals surface area contributed by atoms with Gasteiger partial charge in [0.25, 0.3) is 5.91 Å². The first kappa shape index (κ1) is 21.2. The molecule has 0 aliphatic carbocycles. The van der Waals surface area contributed by atoms with E-state index in [1.54, 1.807) is 0 Å². The molecule has 0 spiro atoms. The number of nitrogens with one attached hydrogen (secondary N) is 1. The number of furan rings is 1. The molecule has 4 aromatic rings. The normalized spacial score (nSPS) is 11.5. The molecule has 0 saturated carbocycles. The summed E-state index contributed by atoms with van der Waals surface area (Å²) >= 11 is 0. The van der Waals surface area contributed by atoms with Gasteiger partial charge in [0.2, 0.25) is 5.88 Å². The van der Waals surface area contributed by atoms with Crippen molar-refractivity contribution in [3.8, 4) is 22.8 Å². The fourth-order valence-electron chi connectivity index (χ4n) is 3.14. The summed E-state index contributed by atoms with van der Waals surface area (Å²) in [6, 6.07) is 15.4. The fraction of sp³-hybridized carbons (Fsp3) is 0.130. The number of halogens is 3. The molecule has 4 rings (SSSR count). The first-order valence-electron chi connectivity index (χ1n) is 9.59. The topological polar surface area (TPSA) is 94.3 Å². The molecule has 164 valence electrons. The molecule has 9 heteroatoms. The third kappa shape index (κ3) is 4.36. The minimum absolute atomic E-state index is 0.0120. The summed E-state index contributed by atoms with van der Waals surface area (Å²) in [5.41, 5.74) is 7.27. The van der Waals surface area contributed by atoms with E-state index in [1.165, 1.54) is 24.3 Å². The summed E-state index contributed by atoms with van der Waals surface area (Å²) in [7, 11) is 0. The SMILES string of the molecule is Cc1ccc(CNC(=O)c2c(-c3ccc(-c4cccc(C(F)(F)F)c4)o3)noc2N)cc1. The van der Waals surface area contributed by atoms with Gasteiger partial charge >= 0.3 is 6.18 Å². The van der Waals surface area contributed by atoms with Gasteiger partial charge in [0.15, 0.2) is 11.5 Å². The van der Waals surface area contributed by atoms with Crippen LogP contribution in [0.4, 0.5) is 19.1 Å². The number of anilines is 1. The van der Waals surface area contributed by atoms with Crippen LogP contribution in [0.3, 0.4) is 0 Å². The third-order valence-corrected chi connectivity index (χ3v) is 4.83. The summed E-state index contributed by atoms with van der Waals surface area (Å²) in [4.78, 5) is 12.7. The number of benzene rings is 2. The van der Waals surface area contributed by atoms with Gasteiger partial charge in [0.05, 0.1) is 5.56 Å². The molecule has 0 unspecified atom stereocenters. The Morgan fingerprint density at radius 3 is 2.50 bits per heavy atom. The number of rotatable bonds is 5. The van der Waals surface area contributed by atoms with Crippen molar-refractivity contribution in [3.63, 3.8) is 0 Å². The van der Waals surface area contributed by atoms with Crippen LogP contribution in [0.2, 0.25) is 0 Å². The first-order chi connectivity index (χ1) is 15.2. The third-order valence-electron chi connectivity index (χ3n) is 4.83. The lowest BCUT2D eigenvalue weighted by molar-refractivity contribution is -0.137. The number of hydrogen-bond acceptors (Lipinski definition) is 5. The monoisotopic (exact) mass is 441 g/mol. The van der Waals surface area contributed by atoms with E-state index in [0.29, 0.717) is 0 Å². The molecule has 32 heavy (non-hydrogen) atoms. The number of carbonyl (C=O) groups excluding carboxylic acids is 1. The number of alkyl halides is 3. The Kier molecular flexibility index (Phi) is 5.48. The number of nitrogens with zero attached hydrogens (tertiary/aromatic N) is 1. The van der Waals surface area contributed by atoms with E-state index in [1.807, 2.05) is 31.2 Å². The maximum absolute atomic E-state index is 13.0. The first-order valence-corrected chi connectivity index (χ1v) is 9.59. The molecular formula is C23H18F3N3O3. The summed E-state index contributed by atoms with van der Waals surface area (Å²) in [6.45, 7) is 2.22. The maximum atomic E-state index is 13.0. The minimum atomic E-state index is -4.48. The molecule has 2 heterocycles. The molecule has 0 fully saturated rings. The van der Waals surface area contributed by atoms with E-state index in [0.717, 1.165) is 23.3 Å². The fourth-order valence-corrected chi connectivity index (χ4v) is 3.14. The number of aryl methyl sites for hydroxylation is 1. The van der Waals surface area contributed by atoms with Crippen molar-refractivity contribution in [2.45, 2.75) is 19.6 Å². The van der Waals surface area contributed by atoms with Crippen LogP contribution in [0.15, 0.2) is 69.6 Å². The van der Waals surface area contributed by atoms with Crippen LogP contribution in [-0.2, 0) is 12.7 Å². The van der Waals surface area contributed by atoms with E-state index >= 15 is 0 Å². The van der Waals surface area contributed by atoms with Gasteiger partial charge in [-0.25, -0.2) is 0 Å². The lowest BCUT2D eigenvalue weighted by Gasteiger charge is -2.07. The molecule has 0 atom stereocenters. The Hall–Kier alpha value is -4.01. The van der Waals surface area contributed by atoms with Gasteiger partial charge in [-0.3, -0.25) is 4.79 Å². The molecule has 1 amide bonds. The van der Waals surface area contributed by atoms with Crippen LogP contribution in [0.1, 0.15) is 27.0 Å². The Balaban J connectivity index is 1.58. The van der Waals surface area contributed by atoms with Gasteiger partial charge in [0, 0.05) is 12.1 Å². The number of amides is 1. The van der Waals surface area contributed by atoms with Crippen LogP contribution < -0.4 is 11.1 Å². The highest BCUT2D eigenvalue weighted by Crippen LogP contribution is 2.35. The van der Waals surface area contributed by atoms with Gasteiger partial charge in [-0.2, -0.15) is 13.2 Å². The van der Waals surface area contributed by atoms with Crippen LogP contribution in [0.5, 0.6) is 0 Å². The van der Waals surface area contributed by atoms with Crippen LogP contribution in [-0.4, -0.2) is 11.1 Å². The highest BCUT2D eigenvalue weighted by atomic mass is 19.4. The zero-order valence-electron chi connectivity index (χ0n) is 16.9. The van der Waals surface area contributed by atoms with Gasteiger partial charge in [-0.05, 0) is 36.8 Å². The molecule has 2 aromatic heterocycles. The average molecular weight is 441 g/mol. The highest BCUT2D eigenvalue weighted by Gasteiger charge is 2.31. The Bertz CT molecular complexity index is 1260. The predicted molar refractivity (Wildman–Crippen MR) is 111 cm³/mol. The molecule has 0 bridgehead atoms. The molecule has 2 aromatic carbocycles. The standard InChI is InChI=1S/C23H18F3N3O3/c1-13-5-7-14(8-6-13)12-28-22(30)19-20(29-32-21(19)27)18-10-9-17(31-18)15-3-2-4-16(11-15)23(24,25)26/h2-11H,12,27H2,1H3,(H,28,30). The van der Waals surface area contributed by atoms with Crippen molar-refractivity contribution in [2.24, 2.45) is 0 Å². The second kappa shape index (κ2) is 8.26. The zero-order chi connectivity index (χ0) is 22.9. The summed E-state index contributed by atoms with van der Waals surface area (Å²) in [5.74, 6) is -0.396. The molecule has 0 aliphatic rings. The highest BCUT2D eigenvalue weighted by molar-refractivity contribution is 6.03. The Morgan fingerprint density at radius 2 is 1.78 bits per heavy atom. The average Bonchev–Trinajstić information content (AvgIpc) is 3.39. The van der Waals surface area contributed by atoms with Crippen LogP contribution in [0.25, 0.3) is 22.8 Å². The quantitative estimate of drug-likeness (QED) is 0.430. The Labute approximate surface area is 180 Å². The summed E-state index contributed by atoms with van der Waals surface area (Å²) in [5, 5.41) is 6.55. The van der Waals surface area contributed by atoms with Gasteiger partial charge in [-0.15, -0.1) is 0 Å². The second-order valence-electron chi connectivity index (χ2n) is 7.18. The van der Waals surface area contributed by atoms with E-state index in [2.05, 4.69) is 10.5 Å². The Morgan fingerprint density at radius 1 is 1.06 bits per heavy atom. The summed E-state index contributed by atoms with van der Waals surface area (Å²) in [6.07, 6.45) is -4.48. The molecule has 0 radical (unpaired) electrons. The molecule has 3 N–H and O–H groups in total.